The molecular formula is C16H24O10. The SMILES string of the molecule is C[C@@H]1[C@@H]2[C@H](OC3O[C@H](CO)[C@@H](O)[C@H](O)[C@@H]3O)OC=C(C(=O)O)[C@H]2C[C@@H]1O. The molecule has 2 fully saturated rings. The maximum atomic E-state index is 11.4. The Hall–Kier alpha value is -1.27. The summed E-state index contributed by atoms with van der Waals surface area (Å²) in [7, 11) is 0. The molecule has 3 rings (SSSR count). The molecule has 0 aromatic heterocycles. The van der Waals surface area contributed by atoms with Crippen molar-refractivity contribution >= 4 is 5.97 Å². The number of carboxylic acid groups (broad SMARTS) is 1. The number of hydrogen-bond donors (Lipinski definition) is 6. The van der Waals surface area contributed by atoms with Gasteiger partial charge in [-0.1, -0.05) is 6.92 Å². The lowest BCUT2D eigenvalue weighted by molar-refractivity contribution is -0.342. The van der Waals surface area contributed by atoms with Gasteiger partial charge < -0.3 is 44.8 Å². The predicted molar refractivity (Wildman–Crippen MR) is 82.2 cm³/mol. The largest absolute Gasteiger partial charge is 0.478 e. The van der Waals surface area contributed by atoms with Crippen molar-refractivity contribution in [2.75, 3.05) is 6.61 Å². The van der Waals surface area contributed by atoms with Crippen molar-refractivity contribution in [2.45, 2.75) is 56.4 Å². The van der Waals surface area contributed by atoms with Crippen molar-refractivity contribution in [1.82, 2.24) is 0 Å². The first-order chi connectivity index (χ1) is 12.3. The first-order valence-electron chi connectivity index (χ1n) is 8.49. The fourth-order valence-corrected chi connectivity index (χ4v) is 3.99. The highest BCUT2D eigenvalue weighted by atomic mass is 16.8. The molecule has 1 aliphatic carbocycles. The van der Waals surface area contributed by atoms with Crippen molar-refractivity contribution in [1.29, 1.82) is 0 Å². The van der Waals surface area contributed by atoms with Crippen LogP contribution in [0.1, 0.15) is 13.3 Å². The van der Waals surface area contributed by atoms with Gasteiger partial charge in [-0.25, -0.2) is 4.79 Å². The van der Waals surface area contributed by atoms with E-state index in [2.05, 4.69) is 0 Å². The molecule has 0 spiro atoms. The van der Waals surface area contributed by atoms with Crippen LogP contribution in [0.4, 0.5) is 0 Å². The molecule has 2 aliphatic heterocycles. The van der Waals surface area contributed by atoms with Gasteiger partial charge in [-0.2, -0.15) is 0 Å². The molecule has 0 aromatic carbocycles. The molecule has 1 unspecified atom stereocenters. The third-order valence-corrected chi connectivity index (χ3v) is 5.58. The quantitative estimate of drug-likeness (QED) is 0.316. The monoisotopic (exact) mass is 376 g/mol. The van der Waals surface area contributed by atoms with Gasteiger partial charge in [-0.05, 0) is 12.3 Å². The molecular weight excluding hydrogens is 352 g/mol. The van der Waals surface area contributed by atoms with Crippen LogP contribution in [0.5, 0.6) is 0 Å². The van der Waals surface area contributed by atoms with Crippen molar-refractivity contribution < 1.29 is 49.6 Å². The van der Waals surface area contributed by atoms with Crippen LogP contribution in [0, 0.1) is 17.8 Å². The second-order valence-electron chi connectivity index (χ2n) is 7.06. The first kappa shape index (κ1) is 19.5. The molecule has 0 amide bonds. The zero-order valence-electron chi connectivity index (χ0n) is 14.1. The lowest BCUT2D eigenvalue weighted by atomic mass is 9.83. The molecule has 6 N–H and O–H groups in total. The number of ether oxygens (including phenoxy) is 3. The normalized spacial score (nSPS) is 48.5. The molecule has 2 heterocycles. The van der Waals surface area contributed by atoms with E-state index in [1.165, 1.54) is 0 Å². The first-order valence-corrected chi connectivity index (χ1v) is 8.49. The van der Waals surface area contributed by atoms with E-state index in [9.17, 15) is 35.4 Å². The van der Waals surface area contributed by atoms with E-state index in [0.29, 0.717) is 0 Å². The van der Waals surface area contributed by atoms with Crippen LogP contribution in [0.25, 0.3) is 0 Å². The topological polar surface area (TPSA) is 166 Å². The van der Waals surface area contributed by atoms with E-state index in [1.54, 1.807) is 6.92 Å². The van der Waals surface area contributed by atoms with E-state index in [-0.39, 0.29) is 17.9 Å². The average Bonchev–Trinajstić information content (AvgIpc) is 2.90. The van der Waals surface area contributed by atoms with Crippen LogP contribution in [-0.2, 0) is 19.0 Å². The Kier molecular flexibility index (Phi) is 5.54. The molecule has 1 saturated heterocycles. The molecule has 10 nitrogen and oxygen atoms in total. The van der Waals surface area contributed by atoms with Gasteiger partial charge in [0.25, 0.3) is 0 Å². The second kappa shape index (κ2) is 7.39. The zero-order valence-corrected chi connectivity index (χ0v) is 14.1. The van der Waals surface area contributed by atoms with Crippen LogP contribution in [0.2, 0.25) is 0 Å². The Morgan fingerprint density at radius 3 is 2.50 bits per heavy atom. The minimum absolute atomic E-state index is 0.0343. The van der Waals surface area contributed by atoms with Gasteiger partial charge in [-0.3, -0.25) is 0 Å². The average molecular weight is 376 g/mol. The van der Waals surface area contributed by atoms with Gasteiger partial charge in [0, 0.05) is 11.8 Å². The zero-order chi connectivity index (χ0) is 19.2. The lowest BCUT2D eigenvalue weighted by Crippen LogP contribution is -2.60. The number of aliphatic carboxylic acids is 1. The van der Waals surface area contributed by atoms with Crippen molar-refractivity contribution in [3.8, 4) is 0 Å². The van der Waals surface area contributed by atoms with Crippen molar-refractivity contribution in [3.63, 3.8) is 0 Å². The van der Waals surface area contributed by atoms with Gasteiger partial charge in [0.1, 0.15) is 24.4 Å². The molecule has 0 bridgehead atoms. The van der Waals surface area contributed by atoms with Gasteiger partial charge in [0.15, 0.2) is 6.29 Å². The van der Waals surface area contributed by atoms with Gasteiger partial charge in [-0.15, -0.1) is 0 Å². The summed E-state index contributed by atoms with van der Waals surface area (Å²) in [6.07, 6.45) is -7.71. The number of aliphatic hydroxyl groups excluding tert-OH is 5. The summed E-state index contributed by atoms with van der Waals surface area (Å²) < 4.78 is 16.3. The Morgan fingerprint density at radius 1 is 1.19 bits per heavy atom. The van der Waals surface area contributed by atoms with E-state index < -0.39 is 67.5 Å². The Balaban J connectivity index is 1.79. The molecule has 148 valence electrons. The fraction of sp³-hybridized carbons (Fsp3) is 0.812. The van der Waals surface area contributed by atoms with Crippen LogP contribution >= 0.6 is 0 Å². The summed E-state index contributed by atoms with van der Waals surface area (Å²) in [5, 5.41) is 58.5. The summed E-state index contributed by atoms with van der Waals surface area (Å²) in [5.74, 6) is -2.49. The number of aliphatic hydroxyl groups is 5. The molecule has 3 aliphatic rings. The minimum atomic E-state index is -1.60. The Morgan fingerprint density at radius 2 is 1.88 bits per heavy atom. The minimum Gasteiger partial charge on any atom is -0.478 e. The summed E-state index contributed by atoms with van der Waals surface area (Å²) >= 11 is 0. The van der Waals surface area contributed by atoms with Crippen LogP contribution in [0.3, 0.4) is 0 Å². The summed E-state index contributed by atoms with van der Waals surface area (Å²) in [5.41, 5.74) is 0.0343. The number of carbonyl (C=O) groups is 1. The summed E-state index contributed by atoms with van der Waals surface area (Å²) in [6, 6.07) is 0. The number of hydrogen-bond acceptors (Lipinski definition) is 9. The van der Waals surface area contributed by atoms with Crippen LogP contribution < -0.4 is 0 Å². The molecule has 26 heavy (non-hydrogen) atoms. The van der Waals surface area contributed by atoms with Gasteiger partial charge in [0.05, 0.1) is 24.5 Å². The molecule has 0 aromatic rings. The maximum Gasteiger partial charge on any atom is 0.334 e. The number of carboxylic acids is 1. The van der Waals surface area contributed by atoms with Gasteiger partial charge in [0.2, 0.25) is 6.29 Å². The van der Waals surface area contributed by atoms with Crippen molar-refractivity contribution in [3.05, 3.63) is 11.8 Å². The third kappa shape index (κ3) is 3.22. The lowest BCUT2D eigenvalue weighted by Gasteiger charge is -2.43. The van der Waals surface area contributed by atoms with E-state index in [0.717, 1.165) is 6.26 Å². The predicted octanol–water partition coefficient (Wildman–Crippen LogP) is -2.24. The van der Waals surface area contributed by atoms with Crippen LogP contribution in [0.15, 0.2) is 11.8 Å². The molecule has 1 saturated carbocycles. The number of fused-ring (bicyclic) bond motifs is 1. The highest BCUT2D eigenvalue weighted by molar-refractivity contribution is 5.87. The van der Waals surface area contributed by atoms with E-state index >= 15 is 0 Å². The highest BCUT2D eigenvalue weighted by Crippen LogP contribution is 2.47. The Labute approximate surface area is 149 Å². The summed E-state index contributed by atoms with van der Waals surface area (Å²) in [6.45, 7) is 1.15. The number of rotatable bonds is 4. The van der Waals surface area contributed by atoms with Gasteiger partial charge >= 0.3 is 5.97 Å². The maximum absolute atomic E-state index is 11.4. The Bertz CT molecular complexity index is 563. The van der Waals surface area contributed by atoms with E-state index in [1.807, 2.05) is 0 Å². The molecule has 10 atom stereocenters. The van der Waals surface area contributed by atoms with E-state index in [4.69, 9.17) is 14.2 Å². The smallest absolute Gasteiger partial charge is 0.334 e. The molecule has 0 radical (unpaired) electrons. The molecule has 10 heteroatoms. The third-order valence-electron chi connectivity index (χ3n) is 5.58. The summed E-state index contributed by atoms with van der Waals surface area (Å²) in [4.78, 5) is 11.4. The highest BCUT2D eigenvalue weighted by Gasteiger charge is 2.53. The van der Waals surface area contributed by atoms with Crippen LogP contribution in [-0.4, -0.2) is 86.3 Å². The second-order valence-corrected chi connectivity index (χ2v) is 7.06. The fourth-order valence-electron chi connectivity index (χ4n) is 3.99. The standard InChI is InChI=1S/C16H24O10/c1-5-8(18)2-6-7(14(22)23)4-24-15(10(5)6)26-16-13(21)12(20)11(19)9(3-17)25-16/h4-6,8-13,15-21H,2-3H2,1H3,(H,22,23)/t5-,6+,8-,9+,10-,11+,12-,13-,15-,16?/m0/s1. The van der Waals surface area contributed by atoms with Crippen molar-refractivity contribution in [2.24, 2.45) is 17.8 Å².